The molecule has 2 rings (SSSR count). The van der Waals surface area contributed by atoms with Crippen molar-refractivity contribution in [3.05, 3.63) is 50.1 Å². The SMILES string of the molecule is O=c1[nH]c(=O)n(Cc2cnoc2)cc1Cl. The predicted molar refractivity (Wildman–Crippen MR) is 51.9 cm³/mol. The van der Waals surface area contributed by atoms with Crippen molar-refractivity contribution in [3.8, 4) is 0 Å². The van der Waals surface area contributed by atoms with E-state index in [4.69, 9.17) is 11.6 Å². The van der Waals surface area contributed by atoms with Crippen LogP contribution in [0.1, 0.15) is 5.56 Å². The average molecular weight is 228 g/mol. The summed E-state index contributed by atoms with van der Waals surface area (Å²) in [4.78, 5) is 24.4. The van der Waals surface area contributed by atoms with E-state index in [0.29, 0.717) is 5.56 Å². The number of hydrogen-bond acceptors (Lipinski definition) is 4. The maximum Gasteiger partial charge on any atom is 0.328 e. The van der Waals surface area contributed by atoms with Crippen molar-refractivity contribution in [2.45, 2.75) is 6.54 Å². The molecule has 78 valence electrons. The highest BCUT2D eigenvalue weighted by atomic mass is 35.5. The fourth-order valence-electron chi connectivity index (χ4n) is 1.10. The van der Waals surface area contributed by atoms with Gasteiger partial charge in [-0.1, -0.05) is 16.8 Å². The van der Waals surface area contributed by atoms with Crippen LogP contribution < -0.4 is 11.2 Å². The molecule has 6 nitrogen and oxygen atoms in total. The van der Waals surface area contributed by atoms with Gasteiger partial charge < -0.3 is 4.52 Å². The van der Waals surface area contributed by atoms with Gasteiger partial charge in [-0.15, -0.1) is 0 Å². The Hall–Kier alpha value is -1.82. The third-order valence-electron chi connectivity index (χ3n) is 1.80. The number of aromatic amines is 1. The van der Waals surface area contributed by atoms with Crippen molar-refractivity contribution in [2.24, 2.45) is 0 Å². The molecule has 2 heterocycles. The molecule has 0 atom stereocenters. The molecule has 2 aromatic rings. The normalized spacial score (nSPS) is 10.5. The molecule has 0 saturated carbocycles. The van der Waals surface area contributed by atoms with E-state index < -0.39 is 11.2 Å². The smallest absolute Gasteiger partial charge is 0.328 e. The van der Waals surface area contributed by atoms with Gasteiger partial charge in [-0.25, -0.2) is 4.79 Å². The van der Waals surface area contributed by atoms with Crippen LogP contribution >= 0.6 is 11.6 Å². The van der Waals surface area contributed by atoms with Gasteiger partial charge in [0.15, 0.2) is 0 Å². The van der Waals surface area contributed by atoms with Crippen molar-refractivity contribution >= 4 is 11.6 Å². The van der Waals surface area contributed by atoms with Gasteiger partial charge in [-0.2, -0.15) is 0 Å². The molecule has 0 aliphatic carbocycles. The average Bonchev–Trinajstić information content (AvgIpc) is 2.67. The van der Waals surface area contributed by atoms with E-state index in [-0.39, 0.29) is 11.6 Å². The second-order valence-corrected chi connectivity index (χ2v) is 3.30. The maximum atomic E-state index is 11.3. The maximum absolute atomic E-state index is 11.3. The van der Waals surface area contributed by atoms with Gasteiger partial charge >= 0.3 is 5.69 Å². The van der Waals surface area contributed by atoms with Crippen molar-refractivity contribution in [1.29, 1.82) is 0 Å². The van der Waals surface area contributed by atoms with Crippen LogP contribution in [0, 0.1) is 0 Å². The zero-order valence-corrected chi connectivity index (χ0v) is 8.19. The lowest BCUT2D eigenvalue weighted by Crippen LogP contribution is -2.29. The topological polar surface area (TPSA) is 80.9 Å². The van der Waals surface area contributed by atoms with E-state index in [9.17, 15) is 9.59 Å². The predicted octanol–water partition coefficient (Wildman–Crippen LogP) is 0.226. The van der Waals surface area contributed by atoms with Gasteiger partial charge in [0.05, 0.1) is 12.7 Å². The highest BCUT2D eigenvalue weighted by Gasteiger charge is 2.03. The standard InChI is InChI=1S/C8H6ClN3O3/c9-6-3-12(8(14)11-7(6)13)2-5-1-10-15-4-5/h1,3-4H,2H2,(H,11,13,14). The zero-order chi connectivity index (χ0) is 10.8. The Morgan fingerprint density at radius 3 is 3.00 bits per heavy atom. The lowest BCUT2D eigenvalue weighted by Gasteiger charge is -2.01. The van der Waals surface area contributed by atoms with Gasteiger partial charge in [0.2, 0.25) is 0 Å². The first-order chi connectivity index (χ1) is 7.16. The molecule has 0 amide bonds. The Balaban J connectivity index is 2.42. The Bertz CT molecular complexity index is 570. The van der Waals surface area contributed by atoms with Crippen LogP contribution in [0.5, 0.6) is 0 Å². The molecule has 0 saturated heterocycles. The van der Waals surface area contributed by atoms with Crippen LogP contribution in [-0.4, -0.2) is 14.7 Å². The van der Waals surface area contributed by atoms with Crippen LogP contribution in [0.4, 0.5) is 0 Å². The fraction of sp³-hybridized carbons (Fsp3) is 0.125. The van der Waals surface area contributed by atoms with Gasteiger partial charge in [0, 0.05) is 11.8 Å². The van der Waals surface area contributed by atoms with Gasteiger partial charge in [-0.3, -0.25) is 14.3 Å². The summed E-state index contributed by atoms with van der Waals surface area (Å²) >= 11 is 5.58. The number of H-pyrrole nitrogens is 1. The number of nitrogens with zero attached hydrogens (tertiary/aromatic N) is 2. The molecular formula is C8H6ClN3O3. The van der Waals surface area contributed by atoms with Crippen LogP contribution in [0.2, 0.25) is 5.02 Å². The lowest BCUT2D eigenvalue weighted by molar-refractivity contribution is 0.418. The van der Waals surface area contributed by atoms with E-state index in [1.54, 1.807) is 0 Å². The molecule has 0 fully saturated rings. The Morgan fingerprint density at radius 2 is 2.33 bits per heavy atom. The third kappa shape index (κ3) is 1.99. The first kappa shape index (κ1) is 9.72. The number of aromatic nitrogens is 3. The second kappa shape index (κ2) is 3.74. The Kier molecular flexibility index (Phi) is 2.42. The summed E-state index contributed by atoms with van der Waals surface area (Å²) in [5.41, 5.74) is -0.408. The monoisotopic (exact) mass is 227 g/mol. The highest BCUT2D eigenvalue weighted by Crippen LogP contribution is 2.01. The van der Waals surface area contributed by atoms with E-state index in [0.717, 1.165) is 0 Å². The van der Waals surface area contributed by atoms with E-state index in [2.05, 4.69) is 14.7 Å². The molecule has 0 aromatic carbocycles. The van der Waals surface area contributed by atoms with Gasteiger partial charge in [-0.05, 0) is 0 Å². The fourth-order valence-corrected chi connectivity index (χ4v) is 1.27. The van der Waals surface area contributed by atoms with Crippen molar-refractivity contribution < 1.29 is 4.52 Å². The molecule has 0 spiro atoms. The molecule has 7 heteroatoms. The van der Waals surface area contributed by atoms with Crippen LogP contribution in [0.15, 0.2) is 32.8 Å². The molecule has 2 aromatic heterocycles. The lowest BCUT2D eigenvalue weighted by atomic mass is 10.3. The molecular weight excluding hydrogens is 222 g/mol. The Labute approximate surface area is 88.1 Å². The first-order valence-electron chi connectivity index (χ1n) is 4.04. The van der Waals surface area contributed by atoms with Gasteiger partial charge in [0.25, 0.3) is 5.56 Å². The molecule has 15 heavy (non-hydrogen) atoms. The molecule has 0 aliphatic rings. The minimum atomic E-state index is -0.594. The molecule has 1 N–H and O–H groups in total. The number of nitrogens with one attached hydrogen (secondary N) is 1. The summed E-state index contributed by atoms with van der Waals surface area (Å²) in [6.07, 6.45) is 4.16. The summed E-state index contributed by atoms with van der Waals surface area (Å²) in [6, 6.07) is 0. The summed E-state index contributed by atoms with van der Waals surface area (Å²) in [5.74, 6) is 0. The van der Waals surface area contributed by atoms with Crippen LogP contribution in [0.3, 0.4) is 0 Å². The van der Waals surface area contributed by atoms with E-state index >= 15 is 0 Å². The summed E-state index contributed by atoms with van der Waals surface area (Å²) in [6.45, 7) is 0.249. The quantitative estimate of drug-likeness (QED) is 0.796. The minimum Gasteiger partial charge on any atom is -0.364 e. The van der Waals surface area contributed by atoms with Crippen molar-refractivity contribution in [1.82, 2.24) is 14.7 Å². The first-order valence-corrected chi connectivity index (χ1v) is 4.42. The summed E-state index contributed by atoms with van der Waals surface area (Å²) < 4.78 is 5.87. The van der Waals surface area contributed by atoms with Crippen LogP contribution in [-0.2, 0) is 6.54 Å². The zero-order valence-electron chi connectivity index (χ0n) is 7.44. The highest BCUT2D eigenvalue weighted by molar-refractivity contribution is 6.30. The largest absolute Gasteiger partial charge is 0.364 e. The minimum absolute atomic E-state index is 0.0361. The number of hydrogen-bond donors (Lipinski definition) is 1. The molecule has 0 bridgehead atoms. The summed E-state index contributed by atoms with van der Waals surface area (Å²) in [5, 5.41) is 3.46. The molecule has 0 unspecified atom stereocenters. The van der Waals surface area contributed by atoms with E-state index in [1.165, 1.54) is 23.2 Å². The molecule has 0 radical (unpaired) electrons. The van der Waals surface area contributed by atoms with Gasteiger partial charge in [0.1, 0.15) is 11.3 Å². The second-order valence-electron chi connectivity index (χ2n) is 2.90. The number of rotatable bonds is 2. The van der Waals surface area contributed by atoms with Crippen molar-refractivity contribution in [2.75, 3.05) is 0 Å². The third-order valence-corrected chi connectivity index (χ3v) is 2.07. The summed E-state index contributed by atoms with van der Waals surface area (Å²) in [7, 11) is 0. The Morgan fingerprint density at radius 1 is 1.53 bits per heavy atom. The van der Waals surface area contributed by atoms with E-state index in [1.807, 2.05) is 0 Å². The number of halogens is 1. The van der Waals surface area contributed by atoms with Crippen molar-refractivity contribution in [3.63, 3.8) is 0 Å². The molecule has 0 aliphatic heterocycles. The van der Waals surface area contributed by atoms with Crippen LogP contribution in [0.25, 0.3) is 0 Å².